The molecule has 0 aliphatic heterocycles. The van der Waals surface area contributed by atoms with Gasteiger partial charge >= 0.3 is 0 Å². The molecule has 18 heavy (non-hydrogen) atoms. The van der Waals surface area contributed by atoms with E-state index in [1.54, 1.807) is 24.7 Å². The summed E-state index contributed by atoms with van der Waals surface area (Å²) in [6.07, 6.45) is 6.73. The summed E-state index contributed by atoms with van der Waals surface area (Å²) in [4.78, 5) is 11.9. The number of hydrogen-bond donors (Lipinski definition) is 2. The van der Waals surface area contributed by atoms with Gasteiger partial charge in [0.15, 0.2) is 0 Å². The lowest BCUT2D eigenvalue weighted by Gasteiger charge is -2.08. The van der Waals surface area contributed by atoms with E-state index in [4.69, 9.17) is 0 Å². The minimum Gasteiger partial charge on any atom is -0.378 e. The van der Waals surface area contributed by atoms with Crippen molar-refractivity contribution in [2.24, 2.45) is 0 Å². The lowest BCUT2D eigenvalue weighted by Crippen LogP contribution is -2.23. The van der Waals surface area contributed by atoms with Gasteiger partial charge in [-0.1, -0.05) is 6.08 Å². The molecule has 2 N–H and O–H groups in total. The van der Waals surface area contributed by atoms with Gasteiger partial charge in [-0.15, -0.1) is 6.58 Å². The van der Waals surface area contributed by atoms with E-state index in [0.717, 1.165) is 5.56 Å². The Balaban J connectivity index is 2.16. The number of nitrogens with zero attached hydrogens (tertiary/aromatic N) is 3. The van der Waals surface area contributed by atoms with Gasteiger partial charge in [0, 0.05) is 18.3 Å². The van der Waals surface area contributed by atoms with Crippen LogP contribution < -0.4 is 10.9 Å². The zero-order valence-corrected chi connectivity index (χ0v) is 11.1. The van der Waals surface area contributed by atoms with Gasteiger partial charge in [-0.05, 0) is 15.9 Å². The number of hydrogen-bond acceptors (Lipinski definition) is 4. The van der Waals surface area contributed by atoms with Crippen molar-refractivity contribution in [3.63, 3.8) is 0 Å². The third-order valence-corrected chi connectivity index (χ3v) is 3.09. The zero-order valence-electron chi connectivity index (χ0n) is 9.56. The summed E-state index contributed by atoms with van der Waals surface area (Å²) in [5.74, 6) is 0. The highest BCUT2D eigenvalue weighted by molar-refractivity contribution is 9.10. The molecule has 2 aromatic heterocycles. The molecular weight excluding hydrogens is 298 g/mol. The second kappa shape index (κ2) is 5.63. The third kappa shape index (κ3) is 2.67. The van der Waals surface area contributed by atoms with Crippen molar-refractivity contribution in [3.8, 4) is 0 Å². The van der Waals surface area contributed by atoms with Crippen LogP contribution in [0.4, 0.5) is 5.69 Å². The Morgan fingerprint density at radius 2 is 2.39 bits per heavy atom. The van der Waals surface area contributed by atoms with Gasteiger partial charge in [0.05, 0.1) is 24.6 Å². The molecule has 2 heterocycles. The summed E-state index contributed by atoms with van der Waals surface area (Å²) in [6.45, 7) is 4.54. The summed E-state index contributed by atoms with van der Waals surface area (Å²) >= 11 is 3.27. The van der Waals surface area contributed by atoms with Crippen LogP contribution in [0.5, 0.6) is 0 Å². The first-order valence-electron chi connectivity index (χ1n) is 5.30. The van der Waals surface area contributed by atoms with E-state index in [1.165, 1.54) is 4.68 Å². The topological polar surface area (TPSA) is 75.6 Å². The van der Waals surface area contributed by atoms with Crippen molar-refractivity contribution in [1.82, 2.24) is 20.0 Å². The maximum absolute atomic E-state index is 11.9. The van der Waals surface area contributed by atoms with E-state index in [1.807, 2.05) is 0 Å². The highest BCUT2D eigenvalue weighted by Gasteiger charge is 2.07. The molecule has 94 valence electrons. The average molecular weight is 310 g/mol. The Kier molecular flexibility index (Phi) is 3.93. The van der Waals surface area contributed by atoms with Crippen LogP contribution in [-0.2, 0) is 13.1 Å². The lowest BCUT2D eigenvalue weighted by molar-refractivity contribution is 0.649. The number of anilines is 1. The number of allylic oxidation sites excluding steroid dienone is 1. The van der Waals surface area contributed by atoms with E-state index in [2.05, 4.69) is 43.1 Å². The Morgan fingerprint density at radius 1 is 1.56 bits per heavy atom. The van der Waals surface area contributed by atoms with Crippen LogP contribution in [0.25, 0.3) is 0 Å². The molecule has 0 aliphatic rings. The fourth-order valence-electron chi connectivity index (χ4n) is 1.41. The van der Waals surface area contributed by atoms with Crippen molar-refractivity contribution in [2.75, 3.05) is 5.32 Å². The van der Waals surface area contributed by atoms with Crippen LogP contribution in [0, 0.1) is 0 Å². The second-order valence-corrected chi connectivity index (χ2v) is 4.40. The maximum Gasteiger partial charge on any atom is 0.283 e. The molecule has 0 saturated heterocycles. The molecule has 0 amide bonds. The van der Waals surface area contributed by atoms with Gasteiger partial charge in [0.25, 0.3) is 5.56 Å². The third-order valence-electron chi connectivity index (χ3n) is 2.32. The summed E-state index contributed by atoms with van der Waals surface area (Å²) in [6, 6.07) is 0. The molecule has 0 aliphatic carbocycles. The first kappa shape index (κ1) is 12.6. The number of aromatic nitrogens is 4. The molecule has 6 nitrogen and oxygen atoms in total. The molecule has 0 radical (unpaired) electrons. The van der Waals surface area contributed by atoms with E-state index < -0.39 is 0 Å². The van der Waals surface area contributed by atoms with Crippen LogP contribution in [0.1, 0.15) is 5.56 Å². The summed E-state index contributed by atoms with van der Waals surface area (Å²) in [5, 5.41) is 13.7. The van der Waals surface area contributed by atoms with Gasteiger partial charge < -0.3 is 5.32 Å². The molecule has 0 aromatic carbocycles. The maximum atomic E-state index is 11.9. The number of halogens is 1. The Morgan fingerprint density at radius 3 is 3.06 bits per heavy atom. The molecular formula is C11H12BrN5O. The molecule has 0 bridgehead atoms. The fraction of sp³-hybridized carbons (Fsp3) is 0.182. The highest BCUT2D eigenvalue weighted by Crippen LogP contribution is 2.16. The molecule has 0 fully saturated rings. The molecule has 0 spiro atoms. The van der Waals surface area contributed by atoms with Crippen molar-refractivity contribution < 1.29 is 0 Å². The van der Waals surface area contributed by atoms with Crippen LogP contribution >= 0.6 is 15.9 Å². The van der Waals surface area contributed by atoms with Gasteiger partial charge in [-0.2, -0.15) is 10.2 Å². The number of rotatable bonds is 5. The van der Waals surface area contributed by atoms with Gasteiger partial charge in [-0.3, -0.25) is 9.89 Å². The van der Waals surface area contributed by atoms with Gasteiger partial charge in [0.2, 0.25) is 0 Å². The van der Waals surface area contributed by atoms with E-state index in [-0.39, 0.29) is 5.56 Å². The SMILES string of the molecule is C=CCn1ncc(NCc2cn[nH]c2)c(Br)c1=O. The first-order chi connectivity index (χ1) is 8.72. The molecule has 0 unspecified atom stereocenters. The number of nitrogens with one attached hydrogen (secondary N) is 2. The van der Waals surface area contributed by atoms with Crippen molar-refractivity contribution in [2.45, 2.75) is 13.1 Å². The predicted octanol–water partition coefficient (Wildman–Crippen LogP) is 1.53. The van der Waals surface area contributed by atoms with Gasteiger partial charge in [-0.25, -0.2) is 4.68 Å². The van der Waals surface area contributed by atoms with Crippen LogP contribution in [0.2, 0.25) is 0 Å². The molecule has 0 atom stereocenters. The van der Waals surface area contributed by atoms with Crippen molar-refractivity contribution in [1.29, 1.82) is 0 Å². The molecule has 0 saturated carbocycles. The molecule has 2 aromatic rings. The lowest BCUT2D eigenvalue weighted by atomic mass is 10.3. The number of H-pyrrole nitrogens is 1. The van der Waals surface area contributed by atoms with E-state index in [0.29, 0.717) is 23.2 Å². The van der Waals surface area contributed by atoms with Crippen LogP contribution in [0.15, 0.2) is 40.5 Å². The Bertz CT molecular complexity index is 590. The average Bonchev–Trinajstić information content (AvgIpc) is 2.87. The first-order valence-corrected chi connectivity index (χ1v) is 6.09. The standard InChI is InChI=1S/C11H12BrN5O/c1-2-3-17-11(18)10(12)9(7-16-17)13-4-8-5-14-15-6-8/h2,5-7,13H,1,3-4H2,(H,14,15). The van der Waals surface area contributed by atoms with Crippen LogP contribution in [0.3, 0.4) is 0 Å². The zero-order chi connectivity index (χ0) is 13.0. The minimum atomic E-state index is -0.188. The number of aromatic amines is 1. The van der Waals surface area contributed by atoms with Gasteiger partial charge in [0.1, 0.15) is 4.47 Å². The van der Waals surface area contributed by atoms with Crippen molar-refractivity contribution in [3.05, 3.63) is 51.6 Å². The quantitative estimate of drug-likeness (QED) is 0.821. The minimum absolute atomic E-state index is 0.188. The molecule has 7 heteroatoms. The second-order valence-electron chi connectivity index (χ2n) is 3.61. The summed E-state index contributed by atoms with van der Waals surface area (Å²) in [7, 11) is 0. The Hall–Kier alpha value is -1.89. The highest BCUT2D eigenvalue weighted by atomic mass is 79.9. The fourth-order valence-corrected chi connectivity index (χ4v) is 1.86. The van der Waals surface area contributed by atoms with E-state index in [9.17, 15) is 4.79 Å². The smallest absolute Gasteiger partial charge is 0.283 e. The normalized spacial score (nSPS) is 10.3. The largest absolute Gasteiger partial charge is 0.378 e. The predicted molar refractivity (Wildman–Crippen MR) is 72.3 cm³/mol. The molecule has 2 rings (SSSR count). The monoisotopic (exact) mass is 309 g/mol. The van der Waals surface area contributed by atoms with Crippen molar-refractivity contribution >= 4 is 21.6 Å². The summed E-state index contributed by atoms with van der Waals surface area (Å²) < 4.78 is 1.79. The van der Waals surface area contributed by atoms with E-state index >= 15 is 0 Å². The van der Waals surface area contributed by atoms with Crippen LogP contribution in [-0.4, -0.2) is 20.0 Å². The Labute approximate surface area is 112 Å². The summed E-state index contributed by atoms with van der Waals surface area (Å²) in [5.41, 5.74) is 1.46.